The second-order valence-electron chi connectivity index (χ2n) is 4.72. The summed E-state index contributed by atoms with van der Waals surface area (Å²) < 4.78 is 0. The summed E-state index contributed by atoms with van der Waals surface area (Å²) in [5.41, 5.74) is 3.28. The van der Waals surface area contributed by atoms with E-state index in [9.17, 15) is 14.4 Å². The Bertz CT molecular complexity index is 437. The summed E-state index contributed by atoms with van der Waals surface area (Å²) in [6.45, 7) is 0. The molecule has 6 heteroatoms. The molecular formula is C12H16N2O4. The number of allylic oxidation sites excluding steroid dienone is 2. The third-order valence-electron chi connectivity index (χ3n) is 3.20. The van der Waals surface area contributed by atoms with Crippen LogP contribution in [0.25, 0.3) is 0 Å². The molecule has 2 N–H and O–H groups in total. The molecule has 18 heavy (non-hydrogen) atoms. The summed E-state index contributed by atoms with van der Waals surface area (Å²) in [5.74, 6) is -0.325. The van der Waals surface area contributed by atoms with Crippen molar-refractivity contribution in [2.45, 2.75) is 32.1 Å². The number of hydrogen-bond acceptors (Lipinski definition) is 4. The number of carbonyl (C=O) groups is 3. The largest absolute Gasteiger partial charge is 0.464 e. The smallest absolute Gasteiger partial charge is 0.425 e. The fourth-order valence-electron chi connectivity index (χ4n) is 2.04. The minimum atomic E-state index is -1.15. The maximum atomic E-state index is 12.0. The van der Waals surface area contributed by atoms with Gasteiger partial charge >= 0.3 is 6.09 Å². The minimum Gasteiger partial charge on any atom is -0.464 e. The number of amides is 1. The number of rotatable bonds is 4. The molecule has 0 aromatic rings. The van der Waals surface area contributed by atoms with E-state index in [0.29, 0.717) is 25.0 Å². The average Bonchev–Trinajstić information content (AvgIpc) is 3.12. The maximum Gasteiger partial charge on any atom is 0.425 e. The summed E-state index contributed by atoms with van der Waals surface area (Å²) in [4.78, 5) is 34.6. The Labute approximate surface area is 105 Å². The second kappa shape index (κ2) is 4.80. The van der Waals surface area contributed by atoms with Gasteiger partial charge in [-0.1, -0.05) is 0 Å². The van der Waals surface area contributed by atoms with Crippen LogP contribution in [-0.2, 0) is 9.59 Å². The van der Waals surface area contributed by atoms with Crippen LogP contribution in [-0.4, -0.2) is 34.8 Å². The summed E-state index contributed by atoms with van der Waals surface area (Å²) >= 11 is 0. The molecule has 0 unspecified atom stereocenters. The van der Waals surface area contributed by atoms with E-state index in [0.717, 1.165) is 17.9 Å². The van der Waals surface area contributed by atoms with Gasteiger partial charge in [0.15, 0.2) is 11.6 Å². The van der Waals surface area contributed by atoms with Gasteiger partial charge in [0.2, 0.25) is 0 Å². The molecule has 2 aliphatic rings. The summed E-state index contributed by atoms with van der Waals surface area (Å²) in [6, 6.07) is 0. The number of Topliss-reactive ketones (excluding diaryl/α,β-unsaturated/α-hetero) is 2. The van der Waals surface area contributed by atoms with Crippen molar-refractivity contribution in [2.75, 3.05) is 7.05 Å². The van der Waals surface area contributed by atoms with E-state index in [-0.39, 0.29) is 23.1 Å². The van der Waals surface area contributed by atoms with Crippen molar-refractivity contribution in [3.05, 3.63) is 11.3 Å². The number of carbonyl (C=O) groups excluding carboxylic acids is 2. The van der Waals surface area contributed by atoms with Crippen molar-refractivity contribution in [3.8, 4) is 0 Å². The van der Waals surface area contributed by atoms with Crippen LogP contribution in [0, 0.1) is 5.92 Å². The highest BCUT2D eigenvalue weighted by atomic mass is 16.4. The molecule has 6 nitrogen and oxygen atoms in total. The molecule has 0 spiro atoms. The lowest BCUT2D eigenvalue weighted by Crippen LogP contribution is -2.40. The summed E-state index contributed by atoms with van der Waals surface area (Å²) in [6.07, 6.45) is 2.07. The van der Waals surface area contributed by atoms with Gasteiger partial charge in [0.25, 0.3) is 0 Å². The van der Waals surface area contributed by atoms with Crippen LogP contribution in [0.5, 0.6) is 0 Å². The predicted octanol–water partition coefficient (Wildman–Crippen LogP) is 1.09. The van der Waals surface area contributed by atoms with Gasteiger partial charge < -0.3 is 5.11 Å². The van der Waals surface area contributed by atoms with Crippen LogP contribution in [0.15, 0.2) is 11.3 Å². The Morgan fingerprint density at radius 1 is 1.33 bits per heavy atom. The van der Waals surface area contributed by atoms with Gasteiger partial charge in [0.05, 0.1) is 5.57 Å². The lowest BCUT2D eigenvalue weighted by molar-refractivity contribution is -0.122. The predicted molar refractivity (Wildman–Crippen MR) is 62.5 cm³/mol. The zero-order valence-electron chi connectivity index (χ0n) is 10.2. The quantitative estimate of drug-likeness (QED) is 0.577. The zero-order valence-corrected chi connectivity index (χ0v) is 10.2. The van der Waals surface area contributed by atoms with E-state index in [1.807, 2.05) is 0 Å². The first-order valence-corrected chi connectivity index (χ1v) is 6.04. The highest BCUT2D eigenvalue weighted by Crippen LogP contribution is 2.35. The molecule has 0 saturated heterocycles. The Hall–Kier alpha value is -1.85. The molecule has 98 valence electrons. The van der Waals surface area contributed by atoms with E-state index in [1.165, 1.54) is 7.05 Å². The van der Waals surface area contributed by atoms with Crippen LogP contribution >= 0.6 is 0 Å². The molecular weight excluding hydrogens is 236 g/mol. The molecule has 1 fully saturated rings. The first-order chi connectivity index (χ1) is 8.50. The van der Waals surface area contributed by atoms with Gasteiger partial charge in [-0.2, -0.15) is 0 Å². The van der Waals surface area contributed by atoms with Crippen LogP contribution in [0.2, 0.25) is 0 Å². The Balaban J connectivity index is 2.24. The molecule has 0 radical (unpaired) electrons. The number of nitrogens with zero attached hydrogens (tertiary/aromatic N) is 1. The molecule has 0 aromatic carbocycles. The van der Waals surface area contributed by atoms with Crippen molar-refractivity contribution >= 4 is 17.7 Å². The summed E-state index contributed by atoms with van der Waals surface area (Å²) in [7, 11) is 1.34. The molecule has 0 atom stereocenters. The number of hydrazine groups is 1. The maximum absolute atomic E-state index is 12.0. The Morgan fingerprint density at radius 2 is 2.00 bits per heavy atom. The number of nitrogens with one attached hydrogen (secondary N) is 1. The standard InChI is InChI=1S/C12H16N2O4/c1-14(12(17)18)13-8-3-2-4-9(15)10(8)11(16)7-5-6-7/h7,13H,2-6H2,1H3,(H,17,18). The SMILES string of the molecule is CN(NC1=C(C(=O)C2CC2)C(=O)CCC1)C(=O)O. The van der Waals surface area contributed by atoms with Crippen molar-refractivity contribution in [1.29, 1.82) is 0 Å². The number of hydrogen-bond donors (Lipinski definition) is 2. The van der Waals surface area contributed by atoms with Crippen molar-refractivity contribution in [1.82, 2.24) is 10.4 Å². The van der Waals surface area contributed by atoms with E-state index in [2.05, 4.69) is 5.43 Å². The van der Waals surface area contributed by atoms with Crippen molar-refractivity contribution < 1.29 is 19.5 Å². The lowest BCUT2D eigenvalue weighted by Gasteiger charge is -2.24. The molecule has 1 saturated carbocycles. The van der Waals surface area contributed by atoms with Crippen molar-refractivity contribution in [3.63, 3.8) is 0 Å². The monoisotopic (exact) mass is 252 g/mol. The van der Waals surface area contributed by atoms with Crippen LogP contribution < -0.4 is 5.43 Å². The van der Waals surface area contributed by atoms with E-state index >= 15 is 0 Å². The minimum absolute atomic E-state index is 0.0333. The van der Waals surface area contributed by atoms with Gasteiger partial charge in [0.1, 0.15) is 0 Å². The first-order valence-electron chi connectivity index (χ1n) is 6.04. The molecule has 0 heterocycles. The molecule has 0 bridgehead atoms. The molecule has 0 aromatic heterocycles. The van der Waals surface area contributed by atoms with Crippen molar-refractivity contribution in [2.24, 2.45) is 5.92 Å². The van der Waals surface area contributed by atoms with Gasteiger partial charge in [-0.05, 0) is 25.7 Å². The Kier molecular flexibility index (Phi) is 3.36. The van der Waals surface area contributed by atoms with Gasteiger partial charge in [-0.3, -0.25) is 15.0 Å². The topological polar surface area (TPSA) is 86.7 Å². The van der Waals surface area contributed by atoms with Gasteiger partial charge in [-0.15, -0.1) is 0 Å². The number of carboxylic acid groups (broad SMARTS) is 1. The molecule has 2 aliphatic carbocycles. The van der Waals surface area contributed by atoms with E-state index < -0.39 is 6.09 Å². The normalized spacial score (nSPS) is 19.7. The highest BCUT2D eigenvalue weighted by molar-refractivity contribution is 6.22. The molecule has 0 aliphatic heterocycles. The highest BCUT2D eigenvalue weighted by Gasteiger charge is 2.37. The van der Waals surface area contributed by atoms with Crippen LogP contribution in [0.3, 0.4) is 0 Å². The van der Waals surface area contributed by atoms with Crippen LogP contribution in [0.4, 0.5) is 4.79 Å². The number of ketones is 2. The molecule has 1 amide bonds. The first kappa shape index (κ1) is 12.6. The fraction of sp³-hybridized carbons (Fsp3) is 0.583. The second-order valence-corrected chi connectivity index (χ2v) is 4.72. The van der Waals surface area contributed by atoms with Crippen LogP contribution in [0.1, 0.15) is 32.1 Å². The third kappa shape index (κ3) is 2.52. The van der Waals surface area contributed by atoms with Gasteiger partial charge in [0, 0.05) is 25.1 Å². The average molecular weight is 252 g/mol. The third-order valence-corrected chi connectivity index (χ3v) is 3.20. The lowest BCUT2D eigenvalue weighted by atomic mass is 9.90. The van der Waals surface area contributed by atoms with Gasteiger partial charge in [-0.25, -0.2) is 9.80 Å². The molecule has 2 rings (SSSR count). The van der Waals surface area contributed by atoms with E-state index in [4.69, 9.17) is 5.11 Å². The van der Waals surface area contributed by atoms with E-state index in [1.54, 1.807) is 0 Å². The fourth-order valence-corrected chi connectivity index (χ4v) is 2.04. The zero-order chi connectivity index (χ0) is 13.3. The Morgan fingerprint density at radius 3 is 2.56 bits per heavy atom. The summed E-state index contributed by atoms with van der Waals surface area (Å²) in [5, 5.41) is 9.67.